The molecule has 0 aromatic heterocycles. The standard InChI is InChI=1S/C34H54N8O10/c1-21(43)26(41-33(50)52-34(2,3)4)28(45)39-23(14-8-9-17-38-32(49)51-20-22-12-6-5-7-13-22)29(46)42-19-11-16-25(42)27(44)40-24(30(47)48)15-10-18-37-31(35)36/h5-7,12-13,21,23-26,43H,8-11,14-20H2,1-4H3,(H,38,49)(H,39,45)(H,40,44)(H,41,50)(H,47,48)(H4,35,36,37)/t21-,23+,24+,25+,26+/m1/s1. The van der Waals surface area contributed by atoms with E-state index in [0.717, 1.165) is 5.56 Å². The van der Waals surface area contributed by atoms with Gasteiger partial charge in [-0.25, -0.2) is 14.4 Å². The summed E-state index contributed by atoms with van der Waals surface area (Å²) in [4.78, 5) is 82.4. The van der Waals surface area contributed by atoms with Crippen LogP contribution >= 0.6 is 0 Å². The number of aliphatic carboxylic acids is 1. The van der Waals surface area contributed by atoms with Crippen molar-refractivity contribution in [2.24, 2.45) is 16.5 Å². The minimum absolute atomic E-state index is 0.0381. The first-order chi connectivity index (χ1) is 24.5. The highest BCUT2D eigenvalue weighted by atomic mass is 16.6. The van der Waals surface area contributed by atoms with Crippen LogP contribution in [0.2, 0.25) is 0 Å². The van der Waals surface area contributed by atoms with Crippen molar-refractivity contribution < 1.29 is 48.5 Å². The molecule has 1 aliphatic heterocycles. The molecule has 1 saturated heterocycles. The number of nitrogens with one attached hydrogen (secondary N) is 4. The number of amides is 5. The molecule has 52 heavy (non-hydrogen) atoms. The van der Waals surface area contributed by atoms with E-state index in [1.807, 2.05) is 30.3 Å². The smallest absolute Gasteiger partial charge is 0.408 e. The quantitative estimate of drug-likeness (QED) is 0.0547. The molecule has 5 amide bonds. The molecule has 0 aliphatic carbocycles. The van der Waals surface area contributed by atoms with Crippen LogP contribution < -0.4 is 32.7 Å². The first-order valence-electron chi connectivity index (χ1n) is 17.3. The van der Waals surface area contributed by atoms with Gasteiger partial charge < -0.3 is 57.3 Å². The van der Waals surface area contributed by atoms with Crippen molar-refractivity contribution >= 4 is 41.8 Å². The Bertz CT molecular complexity index is 1380. The van der Waals surface area contributed by atoms with E-state index in [0.29, 0.717) is 19.3 Å². The molecule has 0 radical (unpaired) electrons. The molecule has 1 heterocycles. The molecule has 0 spiro atoms. The van der Waals surface area contributed by atoms with Crippen LogP contribution in [0.1, 0.15) is 78.2 Å². The molecule has 18 nitrogen and oxygen atoms in total. The minimum Gasteiger partial charge on any atom is -0.480 e. The summed E-state index contributed by atoms with van der Waals surface area (Å²) in [5, 5.41) is 30.1. The number of guanidine groups is 1. The van der Waals surface area contributed by atoms with Crippen LogP contribution in [0, 0.1) is 0 Å². The van der Waals surface area contributed by atoms with Crippen LogP contribution in [-0.2, 0) is 35.3 Å². The van der Waals surface area contributed by atoms with Crippen LogP contribution in [0.25, 0.3) is 0 Å². The lowest BCUT2D eigenvalue weighted by Gasteiger charge is -2.31. The average molecular weight is 735 g/mol. The lowest BCUT2D eigenvalue weighted by Crippen LogP contribution is -2.59. The van der Waals surface area contributed by atoms with E-state index in [-0.39, 0.29) is 57.9 Å². The second-order valence-corrected chi connectivity index (χ2v) is 13.4. The normalized spacial score (nSPS) is 16.3. The number of carbonyl (C=O) groups excluding carboxylic acids is 5. The molecular formula is C34H54N8O10. The molecule has 5 atom stereocenters. The number of benzene rings is 1. The third-order valence-corrected chi connectivity index (χ3v) is 7.85. The Labute approximate surface area is 303 Å². The summed E-state index contributed by atoms with van der Waals surface area (Å²) in [7, 11) is 0. The van der Waals surface area contributed by atoms with Crippen molar-refractivity contribution in [3.63, 3.8) is 0 Å². The third-order valence-electron chi connectivity index (χ3n) is 7.85. The van der Waals surface area contributed by atoms with Gasteiger partial charge in [0, 0.05) is 19.6 Å². The number of hydrogen-bond acceptors (Lipinski definition) is 10. The van der Waals surface area contributed by atoms with Crippen molar-refractivity contribution in [1.82, 2.24) is 26.2 Å². The molecule has 2 rings (SSSR count). The molecule has 1 aromatic carbocycles. The van der Waals surface area contributed by atoms with Gasteiger partial charge in [0.05, 0.1) is 6.10 Å². The van der Waals surface area contributed by atoms with Crippen LogP contribution in [-0.4, -0.2) is 112 Å². The van der Waals surface area contributed by atoms with Gasteiger partial charge in [-0.3, -0.25) is 19.4 Å². The lowest BCUT2D eigenvalue weighted by atomic mass is 10.0. The third kappa shape index (κ3) is 15.8. The average Bonchev–Trinajstić information content (AvgIpc) is 3.56. The zero-order valence-electron chi connectivity index (χ0n) is 30.3. The van der Waals surface area contributed by atoms with E-state index in [1.165, 1.54) is 11.8 Å². The van der Waals surface area contributed by atoms with E-state index >= 15 is 0 Å². The molecule has 290 valence electrons. The van der Waals surface area contributed by atoms with Gasteiger partial charge in [-0.05, 0) is 78.2 Å². The number of nitrogens with zero attached hydrogens (tertiary/aromatic N) is 2. The number of unbranched alkanes of at least 4 members (excludes halogenated alkanes) is 1. The number of ether oxygens (including phenoxy) is 2. The number of hydrogen-bond donors (Lipinski definition) is 8. The summed E-state index contributed by atoms with van der Waals surface area (Å²) in [6.45, 7) is 6.80. The largest absolute Gasteiger partial charge is 0.480 e. The van der Waals surface area contributed by atoms with E-state index in [2.05, 4.69) is 26.3 Å². The van der Waals surface area contributed by atoms with Crippen LogP contribution in [0.3, 0.4) is 0 Å². The molecule has 1 fully saturated rings. The molecule has 0 bridgehead atoms. The number of alkyl carbamates (subject to hydrolysis) is 2. The van der Waals surface area contributed by atoms with E-state index in [4.69, 9.17) is 20.9 Å². The zero-order valence-corrected chi connectivity index (χ0v) is 30.3. The maximum Gasteiger partial charge on any atom is 0.408 e. The molecular weight excluding hydrogens is 680 g/mol. The van der Waals surface area contributed by atoms with Crippen molar-refractivity contribution in [3.8, 4) is 0 Å². The highest BCUT2D eigenvalue weighted by Gasteiger charge is 2.40. The Morgan fingerprint density at radius 1 is 0.962 bits per heavy atom. The molecule has 0 unspecified atom stereocenters. The predicted molar refractivity (Wildman–Crippen MR) is 189 cm³/mol. The van der Waals surface area contributed by atoms with Gasteiger partial charge in [0.25, 0.3) is 0 Å². The fraction of sp³-hybridized carbons (Fsp3) is 0.618. The number of aliphatic imine (C=N–C) groups is 1. The summed E-state index contributed by atoms with van der Waals surface area (Å²) < 4.78 is 10.4. The molecule has 0 saturated carbocycles. The number of nitrogens with two attached hydrogens (primary N) is 2. The maximum absolute atomic E-state index is 14.0. The number of aliphatic hydroxyl groups excluding tert-OH is 1. The number of aliphatic hydroxyl groups is 1. The zero-order chi connectivity index (χ0) is 38.8. The topological polar surface area (TPSA) is 277 Å². The monoisotopic (exact) mass is 734 g/mol. The van der Waals surface area contributed by atoms with Crippen LogP contribution in [0.4, 0.5) is 9.59 Å². The van der Waals surface area contributed by atoms with E-state index in [1.54, 1.807) is 20.8 Å². The summed E-state index contributed by atoms with van der Waals surface area (Å²) >= 11 is 0. The number of carboxylic acids is 1. The van der Waals surface area contributed by atoms with Gasteiger partial charge in [0.2, 0.25) is 17.7 Å². The Hall–Kier alpha value is -5.13. The number of carbonyl (C=O) groups is 6. The van der Waals surface area contributed by atoms with Crippen molar-refractivity contribution in [2.45, 2.75) is 115 Å². The highest BCUT2D eigenvalue weighted by Crippen LogP contribution is 2.21. The first-order valence-corrected chi connectivity index (χ1v) is 17.3. The summed E-state index contributed by atoms with van der Waals surface area (Å²) in [6.07, 6.45) is -1.16. The van der Waals surface area contributed by atoms with Crippen LogP contribution in [0.5, 0.6) is 0 Å². The Morgan fingerprint density at radius 3 is 2.25 bits per heavy atom. The van der Waals surface area contributed by atoms with Crippen molar-refractivity contribution in [3.05, 3.63) is 35.9 Å². The Kier molecular flexibility index (Phi) is 17.6. The first kappa shape index (κ1) is 43.0. The summed E-state index contributed by atoms with van der Waals surface area (Å²) in [5.74, 6) is -3.55. The number of rotatable bonds is 19. The minimum atomic E-state index is -1.49. The SMILES string of the molecule is C[C@@H](O)[C@H](NC(=O)OC(C)(C)C)C(=O)N[C@@H](CCCCNC(=O)OCc1ccccc1)C(=O)N1CCC[C@H]1C(=O)N[C@@H](CCCN=C(N)N)C(=O)O. The van der Waals surface area contributed by atoms with Gasteiger partial charge in [-0.15, -0.1) is 0 Å². The maximum atomic E-state index is 14.0. The predicted octanol–water partition coefficient (Wildman–Crippen LogP) is 0.456. The second-order valence-electron chi connectivity index (χ2n) is 13.4. The van der Waals surface area contributed by atoms with E-state index < -0.39 is 71.7 Å². The van der Waals surface area contributed by atoms with E-state index in [9.17, 15) is 39.0 Å². The Morgan fingerprint density at radius 2 is 1.63 bits per heavy atom. The molecule has 18 heteroatoms. The summed E-state index contributed by atoms with van der Waals surface area (Å²) in [6, 6.07) is 4.18. The van der Waals surface area contributed by atoms with Gasteiger partial charge >= 0.3 is 18.2 Å². The van der Waals surface area contributed by atoms with Gasteiger partial charge in [0.15, 0.2) is 5.96 Å². The highest BCUT2D eigenvalue weighted by molar-refractivity contribution is 5.95. The lowest BCUT2D eigenvalue weighted by molar-refractivity contribution is -0.145. The van der Waals surface area contributed by atoms with Gasteiger partial charge in [-0.2, -0.15) is 0 Å². The van der Waals surface area contributed by atoms with Crippen LogP contribution in [0.15, 0.2) is 35.3 Å². The van der Waals surface area contributed by atoms with Gasteiger partial charge in [-0.1, -0.05) is 30.3 Å². The Balaban J connectivity index is 2.13. The second kappa shape index (κ2) is 21.3. The fourth-order valence-corrected chi connectivity index (χ4v) is 5.33. The summed E-state index contributed by atoms with van der Waals surface area (Å²) in [5.41, 5.74) is 10.6. The van der Waals surface area contributed by atoms with Crippen molar-refractivity contribution in [1.29, 1.82) is 0 Å². The number of carboxylic acid groups (broad SMARTS) is 1. The molecule has 1 aromatic rings. The van der Waals surface area contributed by atoms with Crippen molar-refractivity contribution in [2.75, 3.05) is 19.6 Å². The molecule has 10 N–H and O–H groups in total. The fourth-order valence-electron chi connectivity index (χ4n) is 5.33. The molecule has 1 aliphatic rings. The number of likely N-dealkylation sites (tertiary alicyclic amines) is 1. The van der Waals surface area contributed by atoms with Gasteiger partial charge in [0.1, 0.15) is 36.4 Å².